The van der Waals surface area contributed by atoms with Crippen LogP contribution in [0.4, 0.5) is 0 Å². The predicted octanol–water partition coefficient (Wildman–Crippen LogP) is 5.52. The number of carbonyl (C=O) groups excluding carboxylic acids is 2. The van der Waals surface area contributed by atoms with Crippen LogP contribution in [0, 0.1) is 6.92 Å². The molecule has 0 aliphatic heterocycles. The van der Waals surface area contributed by atoms with Gasteiger partial charge in [0, 0.05) is 29.4 Å². The molecule has 2 amide bonds. The minimum absolute atomic E-state index is 0.104. The van der Waals surface area contributed by atoms with E-state index in [9.17, 15) is 9.59 Å². The topological polar surface area (TPSA) is 49.4 Å². The van der Waals surface area contributed by atoms with E-state index >= 15 is 0 Å². The SMILES string of the molecule is CCNC(=O)[C@H](Cc1ccccc1)N(Cc1ccccc1Cl)C(=O)CSc1ccc(C)cc1. The summed E-state index contributed by atoms with van der Waals surface area (Å²) in [6.07, 6.45) is 0.429. The maximum atomic E-state index is 13.5. The third-order valence-electron chi connectivity index (χ3n) is 5.30. The van der Waals surface area contributed by atoms with Crippen molar-refractivity contribution in [1.29, 1.82) is 0 Å². The summed E-state index contributed by atoms with van der Waals surface area (Å²) in [6, 6.07) is 24.7. The quantitative estimate of drug-likeness (QED) is 0.389. The van der Waals surface area contributed by atoms with E-state index in [-0.39, 0.29) is 24.1 Å². The highest BCUT2D eigenvalue weighted by Crippen LogP contribution is 2.23. The third-order valence-corrected chi connectivity index (χ3v) is 6.67. The van der Waals surface area contributed by atoms with Crippen molar-refractivity contribution >= 4 is 35.2 Å². The molecule has 3 aromatic carbocycles. The van der Waals surface area contributed by atoms with Crippen LogP contribution in [0.2, 0.25) is 5.02 Å². The van der Waals surface area contributed by atoms with E-state index in [2.05, 4.69) is 5.32 Å². The van der Waals surface area contributed by atoms with Gasteiger partial charge in [-0.25, -0.2) is 0 Å². The smallest absolute Gasteiger partial charge is 0.243 e. The highest BCUT2D eigenvalue weighted by atomic mass is 35.5. The maximum Gasteiger partial charge on any atom is 0.243 e. The zero-order chi connectivity index (χ0) is 23.6. The maximum absolute atomic E-state index is 13.5. The van der Waals surface area contributed by atoms with Gasteiger partial charge in [-0.3, -0.25) is 9.59 Å². The molecular formula is C27H29ClN2O2S. The highest BCUT2D eigenvalue weighted by molar-refractivity contribution is 8.00. The first-order valence-corrected chi connectivity index (χ1v) is 12.4. The minimum Gasteiger partial charge on any atom is -0.355 e. The molecule has 3 rings (SSSR count). The number of carbonyl (C=O) groups is 2. The normalized spacial score (nSPS) is 11.6. The van der Waals surface area contributed by atoms with E-state index < -0.39 is 6.04 Å². The van der Waals surface area contributed by atoms with Crippen molar-refractivity contribution in [3.63, 3.8) is 0 Å². The Bertz CT molecular complexity index is 1060. The van der Waals surface area contributed by atoms with Crippen molar-refractivity contribution in [2.45, 2.75) is 37.8 Å². The summed E-state index contributed by atoms with van der Waals surface area (Å²) in [5.74, 6) is -0.0344. The first-order valence-electron chi connectivity index (χ1n) is 11.0. The minimum atomic E-state index is -0.644. The second-order valence-electron chi connectivity index (χ2n) is 7.81. The molecule has 0 aliphatic carbocycles. The van der Waals surface area contributed by atoms with Crippen LogP contribution in [0.1, 0.15) is 23.6 Å². The Morgan fingerprint density at radius 3 is 2.30 bits per heavy atom. The number of hydrogen-bond donors (Lipinski definition) is 1. The number of hydrogen-bond acceptors (Lipinski definition) is 3. The second-order valence-corrected chi connectivity index (χ2v) is 9.27. The van der Waals surface area contributed by atoms with Gasteiger partial charge >= 0.3 is 0 Å². The number of aryl methyl sites for hydroxylation is 1. The van der Waals surface area contributed by atoms with Gasteiger partial charge in [0.1, 0.15) is 6.04 Å². The van der Waals surface area contributed by atoms with Gasteiger partial charge in [-0.2, -0.15) is 0 Å². The van der Waals surface area contributed by atoms with E-state index in [0.717, 1.165) is 16.0 Å². The Kier molecular flexibility index (Phi) is 9.40. The molecule has 0 aromatic heterocycles. The Labute approximate surface area is 205 Å². The molecule has 0 aliphatic rings. The summed E-state index contributed by atoms with van der Waals surface area (Å²) in [5.41, 5.74) is 2.98. The summed E-state index contributed by atoms with van der Waals surface area (Å²) < 4.78 is 0. The average molecular weight is 481 g/mol. The van der Waals surface area contributed by atoms with E-state index in [4.69, 9.17) is 11.6 Å². The molecule has 0 saturated heterocycles. The van der Waals surface area contributed by atoms with Gasteiger partial charge in [-0.15, -0.1) is 11.8 Å². The van der Waals surface area contributed by atoms with Crippen LogP contribution >= 0.6 is 23.4 Å². The monoisotopic (exact) mass is 480 g/mol. The first kappa shape index (κ1) is 24.9. The zero-order valence-corrected chi connectivity index (χ0v) is 20.5. The standard InChI is InChI=1S/C27H29ClN2O2S/c1-3-29-27(32)25(17-21-9-5-4-6-10-21)30(18-22-11-7-8-12-24(22)28)26(31)19-33-23-15-13-20(2)14-16-23/h4-16,25H,3,17-19H2,1-2H3,(H,29,32)/t25-/m0/s1. The molecule has 0 saturated carbocycles. The number of rotatable bonds is 10. The molecule has 0 spiro atoms. The molecule has 1 N–H and O–H groups in total. The van der Waals surface area contributed by atoms with Gasteiger partial charge in [0.05, 0.1) is 5.75 Å². The molecule has 0 heterocycles. The van der Waals surface area contributed by atoms with Gasteiger partial charge in [0.2, 0.25) is 11.8 Å². The van der Waals surface area contributed by atoms with Gasteiger partial charge < -0.3 is 10.2 Å². The van der Waals surface area contributed by atoms with E-state index in [1.165, 1.54) is 17.3 Å². The third kappa shape index (κ3) is 7.37. The largest absolute Gasteiger partial charge is 0.355 e. The molecule has 172 valence electrons. The lowest BCUT2D eigenvalue weighted by Gasteiger charge is -2.31. The molecule has 1 atom stereocenters. The summed E-state index contributed by atoms with van der Waals surface area (Å²) in [7, 11) is 0. The van der Waals surface area contributed by atoms with Crippen LogP contribution in [-0.4, -0.2) is 35.1 Å². The van der Waals surface area contributed by atoms with Crippen molar-refractivity contribution in [3.05, 3.63) is 101 Å². The van der Waals surface area contributed by atoms with Crippen molar-refractivity contribution in [2.75, 3.05) is 12.3 Å². The number of likely N-dealkylation sites (N-methyl/N-ethyl adjacent to an activating group) is 1. The lowest BCUT2D eigenvalue weighted by molar-refractivity contribution is -0.139. The van der Waals surface area contributed by atoms with Gasteiger partial charge in [0.25, 0.3) is 0 Å². The van der Waals surface area contributed by atoms with Gasteiger partial charge in [-0.05, 0) is 43.2 Å². The van der Waals surface area contributed by atoms with Crippen molar-refractivity contribution in [1.82, 2.24) is 10.2 Å². The number of thioether (sulfide) groups is 1. The molecule has 6 heteroatoms. The van der Waals surface area contributed by atoms with Crippen LogP contribution in [0.3, 0.4) is 0 Å². The van der Waals surface area contributed by atoms with E-state index in [1.54, 1.807) is 11.0 Å². The summed E-state index contributed by atoms with van der Waals surface area (Å²) in [6.45, 7) is 4.67. The molecule has 0 bridgehead atoms. The fraction of sp³-hybridized carbons (Fsp3) is 0.259. The first-order chi connectivity index (χ1) is 16.0. The molecule has 4 nitrogen and oxygen atoms in total. The van der Waals surface area contributed by atoms with Crippen LogP contribution in [-0.2, 0) is 22.6 Å². The number of nitrogens with one attached hydrogen (secondary N) is 1. The van der Waals surface area contributed by atoms with Crippen LogP contribution in [0.25, 0.3) is 0 Å². The summed E-state index contributed by atoms with van der Waals surface area (Å²) in [4.78, 5) is 29.3. The van der Waals surface area contributed by atoms with Crippen LogP contribution < -0.4 is 5.32 Å². The lowest BCUT2D eigenvalue weighted by Crippen LogP contribution is -2.51. The summed E-state index contributed by atoms with van der Waals surface area (Å²) >= 11 is 7.90. The lowest BCUT2D eigenvalue weighted by atomic mass is 10.0. The Morgan fingerprint density at radius 1 is 0.970 bits per heavy atom. The Balaban J connectivity index is 1.89. The number of benzene rings is 3. The van der Waals surface area contributed by atoms with Crippen molar-refractivity contribution in [2.24, 2.45) is 0 Å². The second kappa shape index (κ2) is 12.5. The van der Waals surface area contributed by atoms with Gasteiger partial charge in [0.15, 0.2) is 0 Å². The van der Waals surface area contributed by atoms with Crippen molar-refractivity contribution < 1.29 is 9.59 Å². The predicted molar refractivity (Wildman–Crippen MR) is 137 cm³/mol. The van der Waals surface area contributed by atoms with E-state index in [1.807, 2.05) is 86.6 Å². The number of nitrogens with zero attached hydrogens (tertiary/aromatic N) is 1. The highest BCUT2D eigenvalue weighted by Gasteiger charge is 2.30. The van der Waals surface area contributed by atoms with Gasteiger partial charge in [-0.1, -0.05) is 77.8 Å². The van der Waals surface area contributed by atoms with Crippen molar-refractivity contribution in [3.8, 4) is 0 Å². The molecule has 33 heavy (non-hydrogen) atoms. The molecule has 3 aromatic rings. The molecule has 0 unspecified atom stereocenters. The summed E-state index contributed by atoms with van der Waals surface area (Å²) in [5, 5.41) is 3.49. The Morgan fingerprint density at radius 2 is 1.64 bits per heavy atom. The van der Waals surface area contributed by atoms with E-state index in [0.29, 0.717) is 18.0 Å². The number of halogens is 1. The molecule has 0 fully saturated rings. The number of amides is 2. The fourth-order valence-electron chi connectivity index (χ4n) is 3.52. The average Bonchev–Trinajstić information content (AvgIpc) is 2.82. The zero-order valence-electron chi connectivity index (χ0n) is 19.0. The fourth-order valence-corrected chi connectivity index (χ4v) is 4.50. The molecule has 0 radical (unpaired) electrons. The molecular weight excluding hydrogens is 452 g/mol. The Hall–Kier alpha value is -2.76. The van der Waals surface area contributed by atoms with Crippen LogP contribution in [0.15, 0.2) is 83.8 Å². The van der Waals surface area contributed by atoms with Crippen LogP contribution in [0.5, 0.6) is 0 Å².